The van der Waals surface area contributed by atoms with Crippen LogP contribution in [0.1, 0.15) is 51.9 Å². The summed E-state index contributed by atoms with van der Waals surface area (Å²) in [5.41, 5.74) is 3.72. The molecule has 1 amide bonds. The van der Waals surface area contributed by atoms with Crippen molar-refractivity contribution in [1.82, 2.24) is 14.0 Å². The lowest BCUT2D eigenvalue weighted by molar-refractivity contribution is -0.127. The van der Waals surface area contributed by atoms with Gasteiger partial charge in [0, 0.05) is 59.0 Å². The Morgan fingerprint density at radius 1 is 0.630 bits per heavy atom. The Morgan fingerprint density at radius 2 is 1.04 bits per heavy atom. The second-order valence-corrected chi connectivity index (χ2v) is 14.4. The van der Waals surface area contributed by atoms with Gasteiger partial charge in [0.2, 0.25) is 5.78 Å². The van der Waals surface area contributed by atoms with E-state index in [9.17, 15) is 19.2 Å². The zero-order valence-corrected chi connectivity index (χ0v) is 32.3. The van der Waals surface area contributed by atoms with E-state index in [1.807, 2.05) is 65.7 Å². The van der Waals surface area contributed by atoms with Crippen LogP contribution in [0.25, 0.3) is 21.8 Å². The molecule has 0 N–H and O–H groups in total. The molecule has 0 bridgehead atoms. The molecular formula is C42H38Cl3N3O6. The molecule has 2 aromatic heterocycles. The van der Waals surface area contributed by atoms with Crippen molar-refractivity contribution in [2.24, 2.45) is 20.0 Å². The van der Waals surface area contributed by atoms with Crippen molar-refractivity contribution in [2.75, 3.05) is 13.1 Å². The number of piperidine rings is 1. The van der Waals surface area contributed by atoms with Crippen LogP contribution in [-0.4, -0.2) is 49.8 Å². The molecule has 0 atom stereocenters. The number of halogens is 3. The SMILES string of the molecule is CC1CCN(C(=O)C(=O)c2c(COc3ccc(Cl)cc3)n(C)c3ccccc23)CC1.Cn1c(COc2ccc(Cl)cc2)c(C(=O)C(=O)Cl)c2ccccc21. The molecule has 54 heavy (non-hydrogen) atoms. The molecular weight excluding hydrogens is 749 g/mol. The van der Waals surface area contributed by atoms with Gasteiger partial charge in [-0.25, -0.2) is 0 Å². The van der Waals surface area contributed by atoms with Crippen LogP contribution < -0.4 is 9.47 Å². The van der Waals surface area contributed by atoms with Gasteiger partial charge in [-0.15, -0.1) is 0 Å². The number of ketones is 2. The van der Waals surface area contributed by atoms with Crippen LogP contribution in [0.3, 0.4) is 0 Å². The molecule has 12 heteroatoms. The van der Waals surface area contributed by atoms with Crippen LogP contribution in [0, 0.1) is 5.92 Å². The summed E-state index contributed by atoms with van der Waals surface area (Å²) in [5, 5.41) is 1.67. The monoisotopic (exact) mass is 785 g/mol. The fraction of sp³-hybridized carbons (Fsp3) is 0.238. The summed E-state index contributed by atoms with van der Waals surface area (Å²) in [6.45, 7) is 3.75. The smallest absolute Gasteiger partial charge is 0.295 e. The molecule has 9 nitrogen and oxygen atoms in total. The lowest BCUT2D eigenvalue weighted by Gasteiger charge is -2.29. The molecule has 278 valence electrons. The van der Waals surface area contributed by atoms with Crippen molar-refractivity contribution >= 4 is 79.3 Å². The van der Waals surface area contributed by atoms with E-state index < -0.39 is 22.7 Å². The number of para-hydroxylation sites is 2. The first-order valence-electron chi connectivity index (χ1n) is 17.4. The van der Waals surface area contributed by atoms with E-state index in [-0.39, 0.29) is 18.8 Å². The summed E-state index contributed by atoms with van der Waals surface area (Å²) >= 11 is 17.2. The summed E-state index contributed by atoms with van der Waals surface area (Å²) < 4.78 is 15.4. The molecule has 4 aromatic carbocycles. The molecule has 1 aliphatic heterocycles. The lowest BCUT2D eigenvalue weighted by Crippen LogP contribution is -2.42. The standard InChI is InChI=1S/C24H25ClN2O3.C18H13Cl2NO3/c1-16-11-13-27(14-12-16)24(29)23(28)22-19-5-3-4-6-20(19)26(2)21(22)15-30-18-9-7-17(25)8-10-18;1-21-14-5-3-2-4-13(14)16(17(22)18(20)23)15(21)10-24-12-8-6-11(19)7-9-12/h3-10,16H,11-15H2,1-2H3;2-9H,10H2,1H3. The Balaban J connectivity index is 0.000000189. The number of aryl methyl sites for hydroxylation is 2. The summed E-state index contributed by atoms with van der Waals surface area (Å²) in [7, 11) is 3.71. The number of likely N-dealkylation sites (tertiary alicyclic amines) is 1. The number of carbonyl (C=O) groups excluding carboxylic acids is 4. The zero-order chi connectivity index (χ0) is 38.5. The van der Waals surface area contributed by atoms with Gasteiger partial charge in [-0.05, 0) is 91.0 Å². The van der Waals surface area contributed by atoms with Crippen molar-refractivity contribution in [3.8, 4) is 11.5 Å². The number of amides is 1. The van der Waals surface area contributed by atoms with Gasteiger partial charge < -0.3 is 23.5 Å². The van der Waals surface area contributed by atoms with Crippen molar-refractivity contribution in [3.05, 3.63) is 130 Å². The van der Waals surface area contributed by atoms with Gasteiger partial charge in [-0.2, -0.15) is 0 Å². The van der Waals surface area contributed by atoms with Crippen LogP contribution in [-0.2, 0) is 36.9 Å². The fourth-order valence-electron chi connectivity index (χ4n) is 6.66. The number of nitrogens with zero attached hydrogens (tertiary/aromatic N) is 3. The molecule has 0 saturated carbocycles. The predicted molar refractivity (Wildman–Crippen MR) is 212 cm³/mol. The number of carbonyl (C=O) groups is 4. The highest BCUT2D eigenvalue weighted by Crippen LogP contribution is 2.30. The van der Waals surface area contributed by atoms with Crippen LogP contribution in [0.5, 0.6) is 11.5 Å². The number of Topliss-reactive ketones (excluding diaryl/α,β-unsaturated/α-hetero) is 2. The van der Waals surface area contributed by atoms with Gasteiger partial charge in [0.15, 0.2) is 0 Å². The summed E-state index contributed by atoms with van der Waals surface area (Å²) in [6.07, 6.45) is 1.86. The first-order chi connectivity index (χ1) is 25.9. The zero-order valence-electron chi connectivity index (χ0n) is 30.0. The molecule has 0 radical (unpaired) electrons. The highest BCUT2D eigenvalue weighted by molar-refractivity contribution is 6.83. The molecule has 1 saturated heterocycles. The third-order valence-electron chi connectivity index (χ3n) is 9.73. The Bertz CT molecular complexity index is 2340. The normalized spacial score (nSPS) is 13.0. The average molecular weight is 787 g/mol. The van der Waals surface area contributed by atoms with Gasteiger partial charge in [0.25, 0.3) is 16.9 Å². The van der Waals surface area contributed by atoms with E-state index in [1.165, 1.54) is 0 Å². The van der Waals surface area contributed by atoms with Crippen molar-refractivity contribution in [1.29, 1.82) is 0 Å². The van der Waals surface area contributed by atoms with E-state index in [0.29, 0.717) is 62.9 Å². The Morgan fingerprint density at radius 3 is 1.46 bits per heavy atom. The number of fused-ring (bicyclic) bond motifs is 2. The average Bonchev–Trinajstić information content (AvgIpc) is 3.63. The molecule has 0 spiro atoms. The van der Waals surface area contributed by atoms with Crippen LogP contribution in [0.15, 0.2) is 97.1 Å². The topological polar surface area (TPSA) is 99.8 Å². The number of aromatic nitrogens is 2. The minimum atomic E-state index is -1.01. The maximum atomic E-state index is 13.4. The number of rotatable bonds is 10. The first kappa shape index (κ1) is 38.6. The van der Waals surface area contributed by atoms with E-state index in [1.54, 1.807) is 59.5 Å². The van der Waals surface area contributed by atoms with E-state index in [2.05, 4.69) is 6.92 Å². The molecule has 1 aliphatic rings. The van der Waals surface area contributed by atoms with E-state index in [0.717, 1.165) is 29.3 Å². The highest BCUT2D eigenvalue weighted by Gasteiger charge is 2.31. The summed E-state index contributed by atoms with van der Waals surface area (Å²) in [5.74, 6) is 0.231. The minimum absolute atomic E-state index is 0.123. The molecule has 7 rings (SSSR count). The van der Waals surface area contributed by atoms with Gasteiger partial charge in [-0.1, -0.05) is 66.5 Å². The number of benzene rings is 4. The third kappa shape index (κ3) is 8.34. The summed E-state index contributed by atoms with van der Waals surface area (Å²) in [4.78, 5) is 51.8. The highest BCUT2D eigenvalue weighted by atomic mass is 35.5. The third-order valence-corrected chi connectivity index (χ3v) is 10.4. The molecule has 6 aromatic rings. The van der Waals surface area contributed by atoms with Gasteiger partial charge in [0.05, 0.1) is 22.5 Å². The molecule has 0 aliphatic carbocycles. The van der Waals surface area contributed by atoms with Crippen LogP contribution in [0.4, 0.5) is 0 Å². The molecule has 1 fully saturated rings. The number of hydrogen-bond donors (Lipinski definition) is 0. The lowest BCUT2D eigenvalue weighted by atomic mass is 9.98. The second kappa shape index (κ2) is 16.9. The minimum Gasteiger partial charge on any atom is -0.487 e. The largest absolute Gasteiger partial charge is 0.487 e. The maximum Gasteiger partial charge on any atom is 0.295 e. The predicted octanol–water partition coefficient (Wildman–Crippen LogP) is 9.21. The Kier molecular flexibility index (Phi) is 12.1. The molecule has 0 unspecified atom stereocenters. The number of ether oxygens (including phenoxy) is 2. The van der Waals surface area contributed by atoms with Gasteiger partial charge in [-0.3, -0.25) is 19.2 Å². The maximum absolute atomic E-state index is 13.4. The van der Waals surface area contributed by atoms with Crippen LogP contribution >= 0.6 is 34.8 Å². The Hall–Kier alpha value is -5.09. The van der Waals surface area contributed by atoms with Crippen molar-refractivity contribution in [3.63, 3.8) is 0 Å². The van der Waals surface area contributed by atoms with Crippen molar-refractivity contribution in [2.45, 2.75) is 33.0 Å². The Labute approximate surface area is 327 Å². The quantitative estimate of drug-likeness (QED) is 0.0780. The summed E-state index contributed by atoms with van der Waals surface area (Å²) in [6, 6.07) is 29.0. The fourth-order valence-corrected chi connectivity index (χ4v) is 7.01. The van der Waals surface area contributed by atoms with Crippen molar-refractivity contribution < 1.29 is 28.7 Å². The van der Waals surface area contributed by atoms with Gasteiger partial charge in [0.1, 0.15) is 24.7 Å². The number of hydrogen-bond acceptors (Lipinski definition) is 6. The van der Waals surface area contributed by atoms with Gasteiger partial charge >= 0.3 is 0 Å². The van der Waals surface area contributed by atoms with E-state index >= 15 is 0 Å². The van der Waals surface area contributed by atoms with E-state index in [4.69, 9.17) is 44.3 Å². The first-order valence-corrected chi connectivity index (χ1v) is 18.5. The second-order valence-electron chi connectivity index (χ2n) is 13.2. The van der Waals surface area contributed by atoms with Crippen LogP contribution in [0.2, 0.25) is 10.0 Å². The molecule has 3 heterocycles.